The highest BCUT2D eigenvalue weighted by molar-refractivity contribution is 6.30. The van der Waals surface area contributed by atoms with Crippen LogP contribution in [0, 0.1) is 5.95 Å². The normalized spacial score (nSPS) is 17.6. The first-order chi connectivity index (χ1) is 8.72. The molecule has 0 fully saturated rings. The molecule has 1 atom stereocenters. The molecule has 0 bridgehead atoms. The van der Waals surface area contributed by atoms with Gasteiger partial charge in [-0.3, -0.25) is 0 Å². The van der Waals surface area contributed by atoms with E-state index in [1.807, 2.05) is 18.2 Å². The first kappa shape index (κ1) is 11.5. The predicted molar refractivity (Wildman–Crippen MR) is 70.3 cm³/mol. The van der Waals surface area contributed by atoms with Crippen LogP contribution in [0.25, 0.3) is 0 Å². The molecular weight excluding hydrogens is 251 g/mol. The number of hydrogen-bond acceptors (Lipinski definition) is 2. The minimum atomic E-state index is -0.464. The van der Waals surface area contributed by atoms with Crippen LogP contribution in [0.5, 0.6) is 0 Å². The Balaban J connectivity index is 1.85. The Hall–Kier alpha value is -1.61. The number of aryl methyl sites for hydroxylation is 1. The van der Waals surface area contributed by atoms with Crippen molar-refractivity contribution >= 4 is 17.4 Å². The molecule has 92 valence electrons. The number of nitrogens with one attached hydrogen (secondary N) is 1. The van der Waals surface area contributed by atoms with E-state index in [4.69, 9.17) is 11.6 Å². The van der Waals surface area contributed by atoms with Crippen molar-refractivity contribution in [1.29, 1.82) is 0 Å². The fourth-order valence-corrected chi connectivity index (χ4v) is 2.60. The lowest BCUT2D eigenvalue weighted by atomic mass is 10.1. The molecule has 0 spiro atoms. The van der Waals surface area contributed by atoms with Gasteiger partial charge in [0.2, 0.25) is 5.95 Å². The van der Waals surface area contributed by atoms with Gasteiger partial charge in [0.1, 0.15) is 5.82 Å². The summed E-state index contributed by atoms with van der Waals surface area (Å²) in [4.78, 5) is 3.82. The topological polar surface area (TPSA) is 24.9 Å². The van der Waals surface area contributed by atoms with Gasteiger partial charge in [0.25, 0.3) is 0 Å². The van der Waals surface area contributed by atoms with Gasteiger partial charge in [-0.25, -0.2) is 4.98 Å². The highest BCUT2D eigenvalue weighted by atomic mass is 35.5. The average Bonchev–Trinajstić information content (AvgIpc) is 2.72. The number of aromatic nitrogens is 1. The van der Waals surface area contributed by atoms with Gasteiger partial charge in [0, 0.05) is 5.02 Å². The van der Waals surface area contributed by atoms with Crippen LogP contribution >= 0.6 is 11.6 Å². The maximum absolute atomic E-state index is 13.0. The summed E-state index contributed by atoms with van der Waals surface area (Å²) >= 11 is 5.97. The smallest absolute Gasteiger partial charge is 0.214 e. The maximum Gasteiger partial charge on any atom is 0.214 e. The molecule has 2 nitrogen and oxygen atoms in total. The van der Waals surface area contributed by atoms with Crippen molar-refractivity contribution in [2.75, 3.05) is 5.32 Å². The summed E-state index contributed by atoms with van der Waals surface area (Å²) in [6.45, 7) is 0. The van der Waals surface area contributed by atoms with Crippen molar-refractivity contribution < 1.29 is 4.39 Å². The second-order valence-corrected chi connectivity index (χ2v) is 4.86. The van der Waals surface area contributed by atoms with Crippen LogP contribution in [0.1, 0.15) is 23.6 Å². The minimum Gasteiger partial charge on any atom is -0.363 e. The quantitative estimate of drug-likeness (QED) is 0.829. The molecule has 1 aromatic carbocycles. The third-order valence-electron chi connectivity index (χ3n) is 3.22. The van der Waals surface area contributed by atoms with Gasteiger partial charge in [-0.2, -0.15) is 4.39 Å². The molecule has 1 aliphatic rings. The minimum absolute atomic E-state index is 0.187. The van der Waals surface area contributed by atoms with Crippen LogP contribution < -0.4 is 5.32 Å². The fourth-order valence-electron chi connectivity index (χ4n) is 2.40. The van der Waals surface area contributed by atoms with Gasteiger partial charge in [-0.05, 0) is 48.2 Å². The van der Waals surface area contributed by atoms with E-state index < -0.39 is 5.95 Å². The van der Waals surface area contributed by atoms with Gasteiger partial charge in [-0.1, -0.05) is 23.7 Å². The number of benzene rings is 1. The van der Waals surface area contributed by atoms with Crippen LogP contribution in [0.15, 0.2) is 36.4 Å². The van der Waals surface area contributed by atoms with E-state index >= 15 is 0 Å². The van der Waals surface area contributed by atoms with Gasteiger partial charge in [0.05, 0.1) is 6.04 Å². The molecule has 18 heavy (non-hydrogen) atoms. The lowest BCUT2D eigenvalue weighted by Crippen LogP contribution is -2.08. The summed E-state index contributed by atoms with van der Waals surface area (Å²) < 4.78 is 13.0. The average molecular weight is 263 g/mol. The van der Waals surface area contributed by atoms with Gasteiger partial charge in [0.15, 0.2) is 0 Å². The lowest BCUT2D eigenvalue weighted by Gasteiger charge is -2.14. The van der Waals surface area contributed by atoms with Crippen molar-refractivity contribution in [3.05, 3.63) is 58.5 Å². The van der Waals surface area contributed by atoms with E-state index in [9.17, 15) is 4.39 Å². The van der Waals surface area contributed by atoms with Crippen LogP contribution in [0.4, 0.5) is 10.2 Å². The molecule has 4 heteroatoms. The van der Waals surface area contributed by atoms with Crippen LogP contribution in [-0.4, -0.2) is 4.98 Å². The third kappa shape index (κ3) is 2.18. The fraction of sp³-hybridized carbons (Fsp3) is 0.214. The second-order valence-electron chi connectivity index (χ2n) is 4.42. The summed E-state index contributed by atoms with van der Waals surface area (Å²) in [6.07, 6.45) is 1.97. The van der Waals surface area contributed by atoms with Crippen LogP contribution in [0.3, 0.4) is 0 Å². The Morgan fingerprint density at radius 3 is 3.00 bits per heavy atom. The largest absolute Gasteiger partial charge is 0.363 e. The van der Waals surface area contributed by atoms with Crippen molar-refractivity contribution in [3.63, 3.8) is 0 Å². The zero-order chi connectivity index (χ0) is 12.5. The van der Waals surface area contributed by atoms with Crippen LogP contribution in [-0.2, 0) is 6.42 Å². The number of rotatable bonds is 2. The van der Waals surface area contributed by atoms with Crippen molar-refractivity contribution in [1.82, 2.24) is 4.98 Å². The molecular formula is C14H12ClFN2. The molecule has 0 saturated carbocycles. The van der Waals surface area contributed by atoms with E-state index in [-0.39, 0.29) is 6.04 Å². The van der Waals surface area contributed by atoms with Gasteiger partial charge in [-0.15, -0.1) is 0 Å². The van der Waals surface area contributed by atoms with E-state index in [1.54, 1.807) is 12.1 Å². The number of anilines is 1. The second kappa shape index (κ2) is 4.58. The predicted octanol–water partition coefficient (Wildman–Crippen LogP) is 3.97. The number of halogens is 2. The Bertz CT molecular complexity index is 586. The Kier molecular flexibility index (Phi) is 2.92. The number of pyridine rings is 1. The van der Waals surface area contributed by atoms with E-state index in [2.05, 4.69) is 10.3 Å². The zero-order valence-electron chi connectivity index (χ0n) is 9.66. The molecule has 1 unspecified atom stereocenters. The first-order valence-corrected chi connectivity index (χ1v) is 6.27. The molecule has 1 aromatic heterocycles. The summed E-state index contributed by atoms with van der Waals surface area (Å²) in [7, 11) is 0. The molecule has 0 radical (unpaired) electrons. The van der Waals surface area contributed by atoms with E-state index in [0.29, 0.717) is 5.82 Å². The molecule has 1 N–H and O–H groups in total. The molecule has 0 aliphatic heterocycles. The van der Waals surface area contributed by atoms with Crippen LogP contribution in [0.2, 0.25) is 5.02 Å². The van der Waals surface area contributed by atoms with Crippen molar-refractivity contribution in [2.45, 2.75) is 18.9 Å². The van der Waals surface area contributed by atoms with Gasteiger partial charge >= 0.3 is 0 Å². The zero-order valence-corrected chi connectivity index (χ0v) is 10.4. The Labute approximate surface area is 110 Å². The first-order valence-electron chi connectivity index (χ1n) is 5.90. The molecule has 0 saturated heterocycles. The standard InChI is InChI=1S/C14H12ClFN2/c15-10-5-6-11-9(8-10)4-7-12(11)17-14-3-1-2-13(16)18-14/h1-3,5-6,8,12H,4,7H2,(H,17,18). The Morgan fingerprint density at radius 2 is 2.17 bits per heavy atom. The summed E-state index contributed by atoms with van der Waals surface area (Å²) in [5, 5.41) is 4.03. The summed E-state index contributed by atoms with van der Waals surface area (Å²) in [5.41, 5.74) is 2.49. The molecule has 1 heterocycles. The molecule has 1 aliphatic carbocycles. The molecule has 3 rings (SSSR count). The summed E-state index contributed by atoms with van der Waals surface area (Å²) in [6, 6.07) is 10.9. The number of fused-ring (bicyclic) bond motifs is 1. The molecule has 2 aromatic rings. The number of hydrogen-bond donors (Lipinski definition) is 1. The lowest BCUT2D eigenvalue weighted by molar-refractivity contribution is 0.583. The number of nitrogens with zero attached hydrogens (tertiary/aromatic N) is 1. The monoisotopic (exact) mass is 262 g/mol. The van der Waals surface area contributed by atoms with Crippen molar-refractivity contribution in [3.8, 4) is 0 Å². The van der Waals surface area contributed by atoms with Crippen molar-refractivity contribution in [2.24, 2.45) is 0 Å². The maximum atomic E-state index is 13.0. The summed E-state index contributed by atoms with van der Waals surface area (Å²) in [5.74, 6) is 0.108. The van der Waals surface area contributed by atoms with E-state index in [0.717, 1.165) is 17.9 Å². The molecule has 0 amide bonds. The highest BCUT2D eigenvalue weighted by Crippen LogP contribution is 2.34. The van der Waals surface area contributed by atoms with Gasteiger partial charge < -0.3 is 5.32 Å². The van der Waals surface area contributed by atoms with E-state index in [1.165, 1.54) is 17.2 Å². The SMILES string of the molecule is Fc1cccc(NC2CCc3cc(Cl)ccc32)n1. The Morgan fingerprint density at radius 1 is 1.28 bits per heavy atom. The third-order valence-corrected chi connectivity index (χ3v) is 3.46. The highest BCUT2D eigenvalue weighted by Gasteiger charge is 2.22.